The summed E-state index contributed by atoms with van der Waals surface area (Å²) in [5.74, 6) is -0.696. The molecule has 144 valence electrons. The molecular weight excluding hydrogens is 372 g/mol. The van der Waals surface area contributed by atoms with Crippen molar-refractivity contribution in [1.29, 1.82) is 0 Å². The molecular formula is C22H22N2O3S. The van der Waals surface area contributed by atoms with E-state index in [1.54, 1.807) is 11.9 Å². The maximum atomic E-state index is 12.2. The van der Waals surface area contributed by atoms with Crippen LogP contribution in [0.4, 0.5) is 0 Å². The van der Waals surface area contributed by atoms with Crippen LogP contribution in [0.2, 0.25) is 0 Å². The lowest BCUT2D eigenvalue weighted by atomic mass is 10.1. The first-order chi connectivity index (χ1) is 13.5. The number of aromatic nitrogens is 1. The Kier molecular flexibility index (Phi) is 6.55. The molecule has 0 aliphatic rings. The second-order valence-corrected chi connectivity index (χ2v) is 7.44. The number of thiazole rings is 1. The molecule has 0 bridgehead atoms. The van der Waals surface area contributed by atoms with E-state index >= 15 is 0 Å². The Labute approximate surface area is 168 Å². The molecule has 0 aliphatic carbocycles. The van der Waals surface area contributed by atoms with Gasteiger partial charge >= 0.3 is 5.97 Å². The zero-order chi connectivity index (χ0) is 19.9. The van der Waals surface area contributed by atoms with Gasteiger partial charge in [0.25, 0.3) is 5.91 Å². The first-order valence-corrected chi connectivity index (χ1v) is 9.84. The standard InChI is InChI=1S/C22H22N2O3S/c1-16-7-6-10-18(11-16)22-23-19(15-28-22)12-21(26)27-14-20(25)24(2)13-17-8-4-3-5-9-17/h3-11,15H,12-14H2,1-2H3. The summed E-state index contributed by atoms with van der Waals surface area (Å²) in [4.78, 5) is 30.3. The maximum absolute atomic E-state index is 12.2. The van der Waals surface area contributed by atoms with Crippen LogP contribution in [0.3, 0.4) is 0 Å². The number of aryl methyl sites for hydroxylation is 1. The molecule has 3 rings (SSSR count). The number of likely N-dealkylation sites (N-methyl/N-ethyl adjacent to an activating group) is 1. The molecule has 0 saturated heterocycles. The van der Waals surface area contributed by atoms with Gasteiger partial charge in [0.05, 0.1) is 12.1 Å². The van der Waals surface area contributed by atoms with E-state index in [-0.39, 0.29) is 18.9 Å². The Morgan fingerprint density at radius 1 is 1.11 bits per heavy atom. The van der Waals surface area contributed by atoms with Gasteiger partial charge in [-0.25, -0.2) is 4.98 Å². The monoisotopic (exact) mass is 394 g/mol. The predicted molar refractivity (Wildman–Crippen MR) is 110 cm³/mol. The summed E-state index contributed by atoms with van der Waals surface area (Å²) in [6, 6.07) is 17.7. The summed E-state index contributed by atoms with van der Waals surface area (Å²) in [5, 5.41) is 2.72. The first kappa shape index (κ1) is 19.8. The quantitative estimate of drug-likeness (QED) is 0.571. The Morgan fingerprint density at radius 2 is 1.89 bits per heavy atom. The fourth-order valence-electron chi connectivity index (χ4n) is 2.70. The molecule has 2 aromatic carbocycles. The molecule has 1 aromatic heterocycles. The van der Waals surface area contributed by atoms with Crippen molar-refractivity contribution in [3.63, 3.8) is 0 Å². The van der Waals surface area contributed by atoms with Crippen LogP contribution >= 0.6 is 11.3 Å². The highest BCUT2D eigenvalue weighted by Crippen LogP contribution is 2.24. The Morgan fingerprint density at radius 3 is 2.64 bits per heavy atom. The molecule has 6 heteroatoms. The van der Waals surface area contributed by atoms with E-state index in [0.717, 1.165) is 21.7 Å². The molecule has 0 unspecified atom stereocenters. The van der Waals surface area contributed by atoms with Gasteiger partial charge in [0.1, 0.15) is 5.01 Å². The second kappa shape index (κ2) is 9.28. The lowest BCUT2D eigenvalue weighted by Gasteiger charge is -2.17. The summed E-state index contributed by atoms with van der Waals surface area (Å²) in [7, 11) is 1.69. The van der Waals surface area contributed by atoms with Crippen molar-refractivity contribution in [3.8, 4) is 10.6 Å². The Bertz CT molecular complexity index is 953. The van der Waals surface area contributed by atoms with Gasteiger partial charge in [-0.3, -0.25) is 9.59 Å². The van der Waals surface area contributed by atoms with Gasteiger partial charge in [0.2, 0.25) is 0 Å². The van der Waals surface area contributed by atoms with Gasteiger partial charge in [-0.2, -0.15) is 0 Å². The molecule has 0 atom stereocenters. The molecule has 0 saturated carbocycles. The van der Waals surface area contributed by atoms with Gasteiger partial charge in [0, 0.05) is 24.5 Å². The highest BCUT2D eigenvalue weighted by molar-refractivity contribution is 7.13. The molecule has 0 aliphatic heterocycles. The number of hydrogen-bond acceptors (Lipinski definition) is 5. The average molecular weight is 394 g/mol. The number of hydrogen-bond donors (Lipinski definition) is 0. The third kappa shape index (κ3) is 5.50. The zero-order valence-corrected chi connectivity index (χ0v) is 16.7. The number of amides is 1. The molecule has 0 radical (unpaired) electrons. The number of carbonyl (C=O) groups excluding carboxylic acids is 2. The van der Waals surface area contributed by atoms with E-state index in [1.165, 1.54) is 11.3 Å². The van der Waals surface area contributed by atoms with Crippen LogP contribution in [-0.2, 0) is 27.3 Å². The summed E-state index contributed by atoms with van der Waals surface area (Å²) >= 11 is 1.49. The molecule has 28 heavy (non-hydrogen) atoms. The highest BCUT2D eigenvalue weighted by Gasteiger charge is 2.14. The summed E-state index contributed by atoms with van der Waals surface area (Å²) in [5.41, 5.74) is 3.86. The molecule has 1 heterocycles. The van der Waals surface area contributed by atoms with Crippen LogP contribution in [0.5, 0.6) is 0 Å². The van der Waals surface area contributed by atoms with Crippen LogP contribution in [-0.4, -0.2) is 35.4 Å². The lowest BCUT2D eigenvalue weighted by molar-refractivity contribution is -0.151. The fourth-order valence-corrected chi connectivity index (χ4v) is 3.51. The smallest absolute Gasteiger partial charge is 0.312 e. The molecule has 0 fully saturated rings. The zero-order valence-electron chi connectivity index (χ0n) is 15.9. The number of rotatable bonds is 7. The van der Waals surface area contributed by atoms with E-state index < -0.39 is 5.97 Å². The van der Waals surface area contributed by atoms with Gasteiger partial charge < -0.3 is 9.64 Å². The number of ether oxygens (including phenoxy) is 1. The van der Waals surface area contributed by atoms with Crippen LogP contribution in [0.15, 0.2) is 60.0 Å². The molecule has 0 N–H and O–H groups in total. The Balaban J connectivity index is 1.48. The van der Waals surface area contributed by atoms with Crippen molar-refractivity contribution >= 4 is 23.2 Å². The molecule has 3 aromatic rings. The van der Waals surface area contributed by atoms with Crippen LogP contribution in [0.1, 0.15) is 16.8 Å². The third-order valence-electron chi connectivity index (χ3n) is 4.19. The number of nitrogens with zero attached hydrogens (tertiary/aromatic N) is 2. The van der Waals surface area contributed by atoms with Crippen molar-refractivity contribution in [2.45, 2.75) is 19.9 Å². The van der Waals surface area contributed by atoms with Gasteiger partial charge in [-0.15, -0.1) is 11.3 Å². The lowest BCUT2D eigenvalue weighted by Crippen LogP contribution is -2.31. The van der Waals surface area contributed by atoms with Crippen molar-refractivity contribution in [2.75, 3.05) is 13.7 Å². The predicted octanol–water partition coefficient (Wildman–Crippen LogP) is 3.86. The number of esters is 1. The topological polar surface area (TPSA) is 59.5 Å². The maximum Gasteiger partial charge on any atom is 0.312 e. The molecule has 5 nitrogen and oxygen atoms in total. The van der Waals surface area contributed by atoms with Crippen molar-refractivity contribution < 1.29 is 14.3 Å². The summed E-state index contributed by atoms with van der Waals surface area (Å²) < 4.78 is 5.14. The van der Waals surface area contributed by atoms with E-state index in [4.69, 9.17) is 4.74 Å². The van der Waals surface area contributed by atoms with Crippen molar-refractivity contribution in [1.82, 2.24) is 9.88 Å². The van der Waals surface area contributed by atoms with Gasteiger partial charge in [-0.1, -0.05) is 54.1 Å². The highest BCUT2D eigenvalue weighted by atomic mass is 32.1. The third-order valence-corrected chi connectivity index (χ3v) is 5.13. The van der Waals surface area contributed by atoms with Crippen LogP contribution < -0.4 is 0 Å². The van der Waals surface area contributed by atoms with E-state index in [0.29, 0.717) is 12.2 Å². The van der Waals surface area contributed by atoms with Gasteiger partial charge in [-0.05, 0) is 18.6 Å². The van der Waals surface area contributed by atoms with Crippen molar-refractivity contribution in [3.05, 3.63) is 76.8 Å². The van der Waals surface area contributed by atoms with E-state index in [2.05, 4.69) is 11.1 Å². The SMILES string of the molecule is Cc1cccc(-c2nc(CC(=O)OCC(=O)N(C)Cc3ccccc3)cs2)c1. The minimum atomic E-state index is -0.456. The Hall–Kier alpha value is -2.99. The fraction of sp³-hybridized carbons (Fsp3) is 0.227. The largest absolute Gasteiger partial charge is 0.455 e. The minimum absolute atomic E-state index is 0.0536. The molecule has 1 amide bonds. The number of benzene rings is 2. The number of carbonyl (C=O) groups is 2. The van der Waals surface area contributed by atoms with E-state index in [1.807, 2.05) is 60.8 Å². The van der Waals surface area contributed by atoms with E-state index in [9.17, 15) is 9.59 Å². The van der Waals surface area contributed by atoms with Gasteiger partial charge in [0.15, 0.2) is 6.61 Å². The minimum Gasteiger partial charge on any atom is -0.455 e. The van der Waals surface area contributed by atoms with Crippen LogP contribution in [0.25, 0.3) is 10.6 Å². The summed E-state index contributed by atoms with van der Waals surface area (Å²) in [6.07, 6.45) is 0.0536. The normalized spacial score (nSPS) is 10.5. The first-order valence-electron chi connectivity index (χ1n) is 8.96. The molecule has 0 spiro atoms. The van der Waals surface area contributed by atoms with Crippen molar-refractivity contribution in [2.24, 2.45) is 0 Å². The van der Waals surface area contributed by atoms with Crippen LogP contribution in [0, 0.1) is 6.92 Å². The second-order valence-electron chi connectivity index (χ2n) is 6.59. The average Bonchev–Trinajstić information content (AvgIpc) is 3.15. The summed E-state index contributed by atoms with van der Waals surface area (Å²) in [6.45, 7) is 2.24.